The third-order valence-corrected chi connectivity index (χ3v) is 3.26. The molecule has 0 spiro atoms. The highest BCUT2D eigenvalue weighted by atomic mass is 19.1. The summed E-state index contributed by atoms with van der Waals surface area (Å²) in [5, 5.41) is 2.82. The molecule has 0 fully saturated rings. The Balaban J connectivity index is 2.49. The second-order valence-corrected chi connectivity index (χ2v) is 5.52. The molecule has 0 radical (unpaired) electrons. The fraction of sp³-hybridized carbons (Fsp3) is 0.412. The molecule has 0 saturated heterocycles. The number of halogens is 1. The second kappa shape index (κ2) is 8.32. The van der Waals surface area contributed by atoms with E-state index in [0.29, 0.717) is 5.92 Å². The van der Waals surface area contributed by atoms with Crippen molar-refractivity contribution < 1.29 is 18.7 Å². The van der Waals surface area contributed by atoms with Gasteiger partial charge >= 0.3 is 5.97 Å². The Morgan fingerprint density at radius 2 is 1.73 bits per heavy atom. The number of hydrogen-bond acceptors (Lipinski definition) is 3. The number of carbonyl (C=O) groups is 2. The Hall–Kier alpha value is -2.17. The average Bonchev–Trinajstić information content (AvgIpc) is 2.45. The Bertz CT molecular complexity index is 537. The van der Waals surface area contributed by atoms with E-state index in [1.807, 2.05) is 20.8 Å². The van der Waals surface area contributed by atoms with Crippen LogP contribution in [-0.4, -0.2) is 24.0 Å². The molecular weight excluding hydrogens is 285 g/mol. The summed E-state index contributed by atoms with van der Waals surface area (Å²) in [5.74, 6) is -0.870. The van der Waals surface area contributed by atoms with E-state index >= 15 is 0 Å². The molecule has 1 amide bonds. The lowest BCUT2D eigenvalue weighted by Gasteiger charge is -2.16. The minimum absolute atomic E-state index is 0.0641. The molecular formula is C17H22FNO3. The van der Waals surface area contributed by atoms with Crippen LogP contribution in [0.25, 0.3) is 0 Å². The first-order valence-electron chi connectivity index (χ1n) is 7.25. The third-order valence-electron chi connectivity index (χ3n) is 3.26. The first-order valence-corrected chi connectivity index (χ1v) is 7.25. The van der Waals surface area contributed by atoms with Crippen molar-refractivity contribution in [2.45, 2.75) is 39.8 Å². The van der Waals surface area contributed by atoms with Gasteiger partial charge in [-0.2, -0.15) is 0 Å². The van der Waals surface area contributed by atoms with Gasteiger partial charge in [-0.1, -0.05) is 13.8 Å². The van der Waals surface area contributed by atoms with Crippen LogP contribution < -0.4 is 5.32 Å². The Morgan fingerprint density at radius 3 is 2.27 bits per heavy atom. The molecule has 1 N–H and O–H groups in total. The number of hydrogen-bond donors (Lipinski definition) is 1. The van der Waals surface area contributed by atoms with Gasteiger partial charge in [0.2, 0.25) is 5.91 Å². The minimum atomic E-state index is -0.562. The lowest BCUT2D eigenvalue weighted by atomic mass is 10.1. The van der Waals surface area contributed by atoms with Crippen LogP contribution in [0.1, 0.15) is 38.1 Å². The van der Waals surface area contributed by atoms with Crippen molar-refractivity contribution in [2.75, 3.05) is 0 Å². The van der Waals surface area contributed by atoms with Crippen LogP contribution in [-0.2, 0) is 9.53 Å². The number of carbonyl (C=O) groups excluding carboxylic acids is 2. The fourth-order valence-electron chi connectivity index (χ4n) is 1.52. The van der Waals surface area contributed by atoms with E-state index in [-0.39, 0.29) is 17.5 Å². The topological polar surface area (TPSA) is 55.4 Å². The molecule has 1 rings (SSSR count). The van der Waals surface area contributed by atoms with Crippen LogP contribution in [0.2, 0.25) is 0 Å². The van der Waals surface area contributed by atoms with E-state index in [2.05, 4.69) is 5.32 Å². The smallest absolute Gasteiger partial charge is 0.338 e. The summed E-state index contributed by atoms with van der Waals surface area (Å²) < 4.78 is 17.9. The van der Waals surface area contributed by atoms with Crippen LogP contribution in [0.3, 0.4) is 0 Å². The van der Waals surface area contributed by atoms with Crippen molar-refractivity contribution in [1.82, 2.24) is 5.32 Å². The highest BCUT2D eigenvalue weighted by Gasteiger charge is 2.11. The van der Waals surface area contributed by atoms with Gasteiger partial charge < -0.3 is 10.1 Å². The van der Waals surface area contributed by atoms with Crippen LogP contribution >= 0.6 is 0 Å². The van der Waals surface area contributed by atoms with Crippen molar-refractivity contribution in [2.24, 2.45) is 5.92 Å². The quantitative estimate of drug-likeness (QED) is 0.649. The molecule has 0 bridgehead atoms. The van der Waals surface area contributed by atoms with Gasteiger partial charge in [0.25, 0.3) is 0 Å². The van der Waals surface area contributed by atoms with E-state index in [9.17, 15) is 14.0 Å². The van der Waals surface area contributed by atoms with Crippen LogP contribution in [0.5, 0.6) is 0 Å². The Morgan fingerprint density at radius 1 is 1.14 bits per heavy atom. The van der Waals surface area contributed by atoms with Crippen molar-refractivity contribution in [3.8, 4) is 0 Å². The van der Waals surface area contributed by atoms with Crippen molar-refractivity contribution in [1.29, 1.82) is 0 Å². The van der Waals surface area contributed by atoms with Crippen LogP contribution in [0.15, 0.2) is 36.4 Å². The molecule has 0 aliphatic rings. The zero-order chi connectivity index (χ0) is 16.7. The molecule has 0 heterocycles. The van der Waals surface area contributed by atoms with Gasteiger partial charge in [0.15, 0.2) is 0 Å². The van der Waals surface area contributed by atoms with Crippen molar-refractivity contribution in [3.05, 3.63) is 47.8 Å². The van der Waals surface area contributed by atoms with E-state index in [0.717, 1.165) is 0 Å². The summed E-state index contributed by atoms with van der Waals surface area (Å²) >= 11 is 0. The second-order valence-electron chi connectivity index (χ2n) is 5.52. The minimum Gasteiger partial charge on any atom is -0.455 e. The molecule has 1 aromatic carbocycles. The predicted octanol–water partition coefficient (Wildman–Crippen LogP) is 3.09. The maximum Gasteiger partial charge on any atom is 0.338 e. The number of amides is 1. The zero-order valence-electron chi connectivity index (χ0n) is 13.3. The van der Waals surface area contributed by atoms with Gasteiger partial charge in [-0.25, -0.2) is 9.18 Å². The first-order chi connectivity index (χ1) is 10.3. The lowest BCUT2D eigenvalue weighted by molar-refractivity contribution is -0.117. The van der Waals surface area contributed by atoms with Crippen molar-refractivity contribution in [3.63, 3.8) is 0 Å². The maximum absolute atomic E-state index is 12.8. The Kier molecular flexibility index (Phi) is 6.76. The predicted molar refractivity (Wildman–Crippen MR) is 82.9 cm³/mol. The largest absolute Gasteiger partial charge is 0.455 e. The highest BCUT2D eigenvalue weighted by Crippen LogP contribution is 2.07. The highest BCUT2D eigenvalue weighted by molar-refractivity contribution is 5.90. The molecule has 4 nitrogen and oxygen atoms in total. The van der Waals surface area contributed by atoms with Crippen LogP contribution in [0, 0.1) is 11.7 Å². The third kappa shape index (κ3) is 6.08. The van der Waals surface area contributed by atoms with Gasteiger partial charge in [-0.15, -0.1) is 0 Å². The summed E-state index contributed by atoms with van der Waals surface area (Å²) in [5.41, 5.74) is 0.263. The molecule has 1 unspecified atom stereocenters. The lowest BCUT2D eigenvalue weighted by Crippen LogP contribution is -2.35. The maximum atomic E-state index is 12.8. The number of nitrogens with one attached hydrogen (secondary N) is 1. The number of rotatable bonds is 6. The van der Waals surface area contributed by atoms with E-state index in [4.69, 9.17) is 4.74 Å². The average molecular weight is 307 g/mol. The normalized spacial score (nSPS) is 13.9. The molecule has 120 valence electrons. The standard InChI is InChI=1S/C17H22FNO3/c1-11(2)13(4)19-16(20)10-5-12(3)22-17(21)14-6-8-15(18)9-7-14/h5-13H,1-4H3,(H,19,20)/b10-5-/t12?,13-/m1/s1. The molecule has 0 saturated carbocycles. The molecule has 0 aliphatic carbocycles. The van der Waals surface area contributed by atoms with Gasteiger partial charge in [-0.05, 0) is 50.1 Å². The van der Waals surface area contributed by atoms with Crippen LogP contribution in [0.4, 0.5) is 4.39 Å². The van der Waals surface area contributed by atoms with Crippen molar-refractivity contribution >= 4 is 11.9 Å². The molecule has 1 aromatic rings. The first kappa shape index (κ1) is 17.9. The van der Waals surface area contributed by atoms with Gasteiger partial charge in [0, 0.05) is 12.1 Å². The van der Waals surface area contributed by atoms with Gasteiger partial charge in [-0.3, -0.25) is 4.79 Å². The van der Waals surface area contributed by atoms with Gasteiger partial charge in [0.05, 0.1) is 5.56 Å². The van der Waals surface area contributed by atoms with E-state index < -0.39 is 17.9 Å². The summed E-state index contributed by atoms with van der Waals surface area (Å²) in [6.07, 6.45) is 2.29. The monoisotopic (exact) mass is 307 g/mol. The van der Waals surface area contributed by atoms with Gasteiger partial charge in [0.1, 0.15) is 11.9 Å². The Labute approximate surface area is 130 Å². The number of ether oxygens (including phenoxy) is 1. The molecule has 22 heavy (non-hydrogen) atoms. The molecule has 5 heteroatoms. The molecule has 2 atom stereocenters. The number of esters is 1. The number of benzene rings is 1. The fourth-order valence-corrected chi connectivity index (χ4v) is 1.52. The summed E-state index contributed by atoms with van der Waals surface area (Å²) in [6, 6.07) is 5.15. The molecule has 0 aliphatic heterocycles. The zero-order valence-corrected chi connectivity index (χ0v) is 13.3. The summed E-state index contributed by atoms with van der Waals surface area (Å²) in [6.45, 7) is 7.61. The summed E-state index contributed by atoms with van der Waals surface area (Å²) in [7, 11) is 0. The van der Waals surface area contributed by atoms with E-state index in [1.54, 1.807) is 6.92 Å². The SMILES string of the molecule is CC(/C=C\C(=O)N[C@H](C)C(C)C)OC(=O)c1ccc(F)cc1. The van der Waals surface area contributed by atoms with E-state index in [1.165, 1.54) is 36.4 Å². The molecule has 0 aromatic heterocycles. The summed E-state index contributed by atoms with van der Waals surface area (Å²) in [4.78, 5) is 23.5.